The molecular formula is C23H27N3O6. The second-order valence-electron chi connectivity index (χ2n) is 7.13. The van der Waals surface area contributed by atoms with Crippen LogP contribution in [0.25, 0.3) is 10.9 Å². The quantitative estimate of drug-likeness (QED) is 0.475. The van der Waals surface area contributed by atoms with Crippen molar-refractivity contribution in [1.29, 1.82) is 0 Å². The SMILES string of the molecule is COCCNC(=O)Cn1c(=O)n(CCc2ccccc2)c(=O)c2cc(OC)c(OC)cc21. The minimum atomic E-state index is -0.562. The average molecular weight is 441 g/mol. The van der Waals surface area contributed by atoms with Crippen LogP contribution in [-0.4, -0.2) is 49.5 Å². The molecule has 1 amide bonds. The lowest BCUT2D eigenvalue weighted by Gasteiger charge is -2.16. The van der Waals surface area contributed by atoms with Gasteiger partial charge < -0.3 is 19.5 Å². The highest BCUT2D eigenvalue weighted by atomic mass is 16.5. The Morgan fingerprint density at radius 3 is 2.31 bits per heavy atom. The fraction of sp³-hybridized carbons (Fsp3) is 0.348. The third kappa shape index (κ3) is 5.00. The van der Waals surface area contributed by atoms with E-state index in [0.29, 0.717) is 36.6 Å². The number of nitrogens with zero attached hydrogens (tertiary/aromatic N) is 2. The summed E-state index contributed by atoms with van der Waals surface area (Å²) >= 11 is 0. The third-order valence-corrected chi connectivity index (χ3v) is 5.13. The molecule has 1 heterocycles. The molecule has 0 atom stereocenters. The summed E-state index contributed by atoms with van der Waals surface area (Å²) in [5.74, 6) is 0.351. The van der Waals surface area contributed by atoms with Gasteiger partial charge in [-0.3, -0.25) is 18.7 Å². The number of nitrogens with one attached hydrogen (secondary N) is 1. The van der Waals surface area contributed by atoms with Gasteiger partial charge in [0.15, 0.2) is 11.5 Å². The number of fused-ring (bicyclic) bond motifs is 1. The minimum absolute atomic E-state index is 0.178. The van der Waals surface area contributed by atoms with Crippen LogP contribution in [0, 0.1) is 0 Å². The molecule has 0 fully saturated rings. The van der Waals surface area contributed by atoms with Crippen LogP contribution in [0.5, 0.6) is 11.5 Å². The first kappa shape index (κ1) is 23.1. The summed E-state index contributed by atoms with van der Waals surface area (Å²) in [6.45, 7) is 0.590. The largest absolute Gasteiger partial charge is 0.493 e. The van der Waals surface area contributed by atoms with Crippen LogP contribution in [0.1, 0.15) is 5.56 Å². The van der Waals surface area contributed by atoms with Crippen molar-refractivity contribution >= 4 is 16.8 Å². The summed E-state index contributed by atoms with van der Waals surface area (Å²) in [5.41, 5.74) is 0.288. The Labute approximate surface area is 185 Å². The Morgan fingerprint density at radius 1 is 0.969 bits per heavy atom. The van der Waals surface area contributed by atoms with Crippen LogP contribution >= 0.6 is 0 Å². The lowest BCUT2D eigenvalue weighted by atomic mass is 10.1. The van der Waals surface area contributed by atoms with Crippen LogP contribution in [-0.2, 0) is 29.0 Å². The van der Waals surface area contributed by atoms with Gasteiger partial charge in [0.2, 0.25) is 5.91 Å². The first-order valence-corrected chi connectivity index (χ1v) is 10.2. The molecule has 0 saturated heterocycles. The first-order valence-electron chi connectivity index (χ1n) is 10.2. The second kappa shape index (κ2) is 10.6. The summed E-state index contributed by atoms with van der Waals surface area (Å²) in [4.78, 5) is 39.0. The highest BCUT2D eigenvalue weighted by Crippen LogP contribution is 2.30. The standard InChI is InChI=1S/C23H27N3O6/c1-30-12-10-24-21(27)15-26-18-14-20(32-3)19(31-2)13-17(18)22(28)25(23(26)29)11-9-16-7-5-4-6-8-16/h4-8,13-14H,9-12,15H2,1-3H3,(H,24,27). The number of hydrogen-bond donors (Lipinski definition) is 1. The molecule has 0 aliphatic rings. The summed E-state index contributed by atoms with van der Waals surface area (Å²) in [6, 6.07) is 12.6. The molecule has 3 rings (SSSR count). The number of benzene rings is 2. The molecule has 1 N–H and O–H groups in total. The molecule has 0 aliphatic carbocycles. The zero-order valence-electron chi connectivity index (χ0n) is 18.4. The zero-order valence-corrected chi connectivity index (χ0v) is 18.4. The van der Waals surface area contributed by atoms with Crippen molar-refractivity contribution in [3.8, 4) is 11.5 Å². The van der Waals surface area contributed by atoms with Gasteiger partial charge in [0.1, 0.15) is 6.54 Å². The third-order valence-electron chi connectivity index (χ3n) is 5.13. The van der Waals surface area contributed by atoms with Crippen LogP contribution in [0.4, 0.5) is 0 Å². The van der Waals surface area contributed by atoms with Crippen molar-refractivity contribution in [1.82, 2.24) is 14.5 Å². The molecular weight excluding hydrogens is 414 g/mol. The van der Waals surface area contributed by atoms with Crippen LogP contribution in [0.2, 0.25) is 0 Å². The van der Waals surface area contributed by atoms with Gasteiger partial charge in [-0.1, -0.05) is 30.3 Å². The van der Waals surface area contributed by atoms with Crippen molar-refractivity contribution in [2.45, 2.75) is 19.5 Å². The van der Waals surface area contributed by atoms with Gasteiger partial charge in [-0.15, -0.1) is 0 Å². The fourth-order valence-electron chi connectivity index (χ4n) is 3.47. The van der Waals surface area contributed by atoms with E-state index in [1.165, 1.54) is 32.0 Å². The molecule has 0 unspecified atom stereocenters. The molecule has 0 spiro atoms. The molecule has 1 aromatic heterocycles. The highest BCUT2D eigenvalue weighted by molar-refractivity contribution is 5.84. The van der Waals surface area contributed by atoms with Crippen molar-refractivity contribution in [2.75, 3.05) is 34.5 Å². The Bertz CT molecular complexity index is 1200. The van der Waals surface area contributed by atoms with Gasteiger partial charge in [0, 0.05) is 26.3 Å². The first-order chi connectivity index (χ1) is 15.5. The van der Waals surface area contributed by atoms with Crippen LogP contribution in [0.15, 0.2) is 52.1 Å². The summed E-state index contributed by atoms with van der Waals surface area (Å²) in [5, 5.41) is 2.96. The Hall–Kier alpha value is -3.59. The minimum Gasteiger partial charge on any atom is -0.493 e. The number of carbonyl (C=O) groups excluding carboxylic acids is 1. The number of aryl methyl sites for hydroxylation is 1. The Morgan fingerprint density at radius 2 is 1.66 bits per heavy atom. The lowest BCUT2D eigenvalue weighted by molar-refractivity contribution is -0.121. The van der Waals surface area contributed by atoms with Crippen LogP contribution in [0.3, 0.4) is 0 Å². The van der Waals surface area contributed by atoms with E-state index in [2.05, 4.69) is 5.32 Å². The summed E-state index contributed by atoms with van der Waals surface area (Å²) < 4.78 is 18.0. The van der Waals surface area contributed by atoms with Gasteiger partial charge >= 0.3 is 5.69 Å². The molecule has 0 aliphatic heterocycles. The van der Waals surface area contributed by atoms with Crippen molar-refractivity contribution in [2.24, 2.45) is 0 Å². The number of hydrogen-bond acceptors (Lipinski definition) is 6. The number of carbonyl (C=O) groups is 1. The van der Waals surface area contributed by atoms with E-state index in [1.807, 2.05) is 30.3 Å². The maximum Gasteiger partial charge on any atom is 0.331 e. The number of rotatable bonds is 10. The van der Waals surface area contributed by atoms with Gasteiger partial charge in [-0.05, 0) is 18.1 Å². The molecule has 32 heavy (non-hydrogen) atoms. The van der Waals surface area contributed by atoms with Crippen molar-refractivity contribution < 1.29 is 19.0 Å². The molecule has 170 valence electrons. The molecule has 3 aromatic rings. The number of aromatic nitrogens is 2. The van der Waals surface area contributed by atoms with E-state index in [-0.39, 0.29) is 24.4 Å². The number of methoxy groups -OCH3 is 3. The molecule has 2 aromatic carbocycles. The molecule has 9 heteroatoms. The second-order valence-corrected chi connectivity index (χ2v) is 7.13. The van der Waals surface area contributed by atoms with Gasteiger partial charge in [-0.2, -0.15) is 0 Å². The summed E-state index contributed by atoms with van der Waals surface area (Å²) in [6.07, 6.45) is 0.495. The average Bonchev–Trinajstić information content (AvgIpc) is 2.81. The number of amides is 1. The Balaban J connectivity index is 2.11. The molecule has 9 nitrogen and oxygen atoms in total. The predicted molar refractivity (Wildman–Crippen MR) is 121 cm³/mol. The lowest BCUT2D eigenvalue weighted by Crippen LogP contribution is -2.43. The van der Waals surface area contributed by atoms with Gasteiger partial charge in [0.25, 0.3) is 5.56 Å². The zero-order chi connectivity index (χ0) is 23.1. The monoisotopic (exact) mass is 441 g/mol. The van der Waals surface area contributed by atoms with E-state index in [9.17, 15) is 14.4 Å². The molecule has 0 radical (unpaired) electrons. The summed E-state index contributed by atoms with van der Waals surface area (Å²) in [7, 11) is 4.47. The van der Waals surface area contributed by atoms with Crippen LogP contribution < -0.4 is 26.0 Å². The number of ether oxygens (including phenoxy) is 3. The topological polar surface area (TPSA) is 101 Å². The fourth-order valence-corrected chi connectivity index (χ4v) is 3.47. The van der Waals surface area contributed by atoms with E-state index < -0.39 is 11.2 Å². The van der Waals surface area contributed by atoms with E-state index in [0.717, 1.165) is 10.1 Å². The van der Waals surface area contributed by atoms with Gasteiger partial charge in [0.05, 0.1) is 31.7 Å². The smallest absolute Gasteiger partial charge is 0.331 e. The maximum atomic E-state index is 13.3. The molecule has 0 bridgehead atoms. The van der Waals surface area contributed by atoms with E-state index >= 15 is 0 Å². The van der Waals surface area contributed by atoms with E-state index in [1.54, 1.807) is 6.07 Å². The molecule has 0 saturated carbocycles. The maximum absolute atomic E-state index is 13.3. The van der Waals surface area contributed by atoms with Crippen molar-refractivity contribution in [3.63, 3.8) is 0 Å². The Kier molecular flexibility index (Phi) is 7.67. The van der Waals surface area contributed by atoms with Crippen molar-refractivity contribution in [3.05, 3.63) is 68.9 Å². The van der Waals surface area contributed by atoms with Gasteiger partial charge in [-0.25, -0.2) is 4.79 Å². The highest BCUT2D eigenvalue weighted by Gasteiger charge is 2.18. The predicted octanol–water partition coefficient (Wildman–Crippen LogP) is 1.19. The van der Waals surface area contributed by atoms with E-state index in [4.69, 9.17) is 14.2 Å². The normalized spacial score (nSPS) is 10.8.